The van der Waals surface area contributed by atoms with Crippen molar-refractivity contribution in [1.82, 2.24) is 0 Å². The summed E-state index contributed by atoms with van der Waals surface area (Å²) in [6.45, 7) is 3.71. The fourth-order valence-electron chi connectivity index (χ4n) is 1.81. The van der Waals surface area contributed by atoms with Gasteiger partial charge < -0.3 is 14.8 Å². The molecular weight excluding hydrogens is 266 g/mol. The van der Waals surface area contributed by atoms with Gasteiger partial charge in [0.05, 0.1) is 7.11 Å². The maximum Gasteiger partial charge on any atom is 0.265 e. The molecule has 2 rings (SSSR count). The van der Waals surface area contributed by atoms with Crippen LogP contribution in [-0.2, 0) is 4.79 Å². The van der Waals surface area contributed by atoms with Gasteiger partial charge in [0.1, 0.15) is 11.5 Å². The summed E-state index contributed by atoms with van der Waals surface area (Å²) in [4.78, 5) is 12.1. The summed E-state index contributed by atoms with van der Waals surface area (Å²) < 4.78 is 10.7. The zero-order valence-electron chi connectivity index (χ0n) is 12.4. The Hall–Kier alpha value is -2.49. The molecule has 0 heterocycles. The van der Waals surface area contributed by atoms with Crippen LogP contribution in [0.4, 0.5) is 5.69 Å². The third-order valence-electron chi connectivity index (χ3n) is 3.04. The Morgan fingerprint density at radius 2 is 1.76 bits per heavy atom. The van der Waals surface area contributed by atoms with Crippen molar-refractivity contribution in [3.05, 3.63) is 54.1 Å². The van der Waals surface area contributed by atoms with E-state index < -0.39 is 6.10 Å². The van der Waals surface area contributed by atoms with E-state index >= 15 is 0 Å². The summed E-state index contributed by atoms with van der Waals surface area (Å²) >= 11 is 0. The number of nitrogens with one attached hydrogen (secondary N) is 1. The van der Waals surface area contributed by atoms with E-state index in [2.05, 4.69) is 5.32 Å². The topological polar surface area (TPSA) is 47.6 Å². The predicted octanol–water partition coefficient (Wildman–Crippen LogP) is 3.41. The molecule has 1 amide bonds. The Kier molecular flexibility index (Phi) is 4.82. The third-order valence-corrected chi connectivity index (χ3v) is 3.04. The van der Waals surface area contributed by atoms with E-state index in [1.807, 2.05) is 43.3 Å². The number of hydrogen-bond donors (Lipinski definition) is 1. The highest BCUT2D eigenvalue weighted by molar-refractivity contribution is 5.94. The molecule has 0 spiro atoms. The number of rotatable bonds is 5. The van der Waals surface area contributed by atoms with E-state index in [9.17, 15) is 4.79 Å². The second kappa shape index (κ2) is 6.79. The first-order valence-electron chi connectivity index (χ1n) is 6.77. The van der Waals surface area contributed by atoms with Crippen LogP contribution in [-0.4, -0.2) is 19.1 Å². The van der Waals surface area contributed by atoms with Gasteiger partial charge in [-0.25, -0.2) is 0 Å². The summed E-state index contributed by atoms with van der Waals surface area (Å²) in [5.41, 5.74) is 1.90. The average molecular weight is 285 g/mol. The summed E-state index contributed by atoms with van der Waals surface area (Å²) in [7, 11) is 1.59. The lowest BCUT2D eigenvalue weighted by molar-refractivity contribution is -0.122. The lowest BCUT2D eigenvalue weighted by Crippen LogP contribution is -2.30. The van der Waals surface area contributed by atoms with Crippen molar-refractivity contribution in [3.63, 3.8) is 0 Å². The Balaban J connectivity index is 1.97. The largest absolute Gasteiger partial charge is 0.497 e. The average Bonchev–Trinajstić information content (AvgIpc) is 2.49. The summed E-state index contributed by atoms with van der Waals surface area (Å²) in [5.74, 6) is 1.10. The Bertz CT molecular complexity index is 608. The second-order valence-electron chi connectivity index (χ2n) is 4.79. The molecule has 110 valence electrons. The van der Waals surface area contributed by atoms with Gasteiger partial charge in [-0.2, -0.15) is 0 Å². The first-order chi connectivity index (χ1) is 10.1. The minimum atomic E-state index is -0.599. The molecular formula is C17H19NO3. The van der Waals surface area contributed by atoms with Crippen molar-refractivity contribution in [2.75, 3.05) is 12.4 Å². The summed E-state index contributed by atoms with van der Waals surface area (Å²) in [6.07, 6.45) is -0.599. The van der Waals surface area contributed by atoms with Gasteiger partial charge in [0.25, 0.3) is 5.91 Å². The van der Waals surface area contributed by atoms with Crippen molar-refractivity contribution in [3.8, 4) is 11.5 Å². The van der Waals surface area contributed by atoms with Gasteiger partial charge in [0.15, 0.2) is 6.10 Å². The van der Waals surface area contributed by atoms with E-state index in [0.717, 1.165) is 11.3 Å². The van der Waals surface area contributed by atoms with E-state index in [0.29, 0.717) is 11.5 Å². The molecule has 1 atom stereocenters. The van der Waals surface area contributed by atoms with Crippen LogP contribution in [0.3, 0.4) is 0 Å². The smallest absolute Gasteiger partial charge is 0.265 e. The first kappa shape index (κ1) is 14.9. The normalized spacial score (nSPS) is 11.6. The number of aryl methyl sites for hydroxylation is 1. The Morgan fingerprint density at radius 3 is 2.43 bits per heavy atom. The highest BCUT2D eigenvalue weighted by atomic mass is 16.5. The summed E-state index contributed by atoms with van der Waals surface area (Å²) in [5, 5.41) is 2.82. The SMILES string of the molecule is COc1cccc(O[C@H](C)C(=O)Nc2ccc(C)cc2)c1. The standard InChI is InChI=1S/C17H19NO3/c1-12-7-9-14(10-8-12)18-17(19)13(2)21-16-6-4-5-15(11-16)20-3/h4-11,13H,1-3H3,(H,18,19)/t13-/m1/s1. The van der Waals surface area contributed by atoms with E-state index in [4.69, 9.17) is 9.47 Å². The molecule has 0 radical (unpaired) electrons. The van der Waals surface area contributed by atoms with Gasteiger partial charge in [-0.1, -0.05) is 23.8 Å². The quantitative estimate of drug-likeness (QED) is 0.915. The van der Waals surface area contributed by atoms with E-state index in [1.165, 1.54) is 0 Å². The first-order valence-corrected chi connectivity index (χ1v) is 6.77. The molecule has 21 heavy (non-hydrogen) atoms. The molecule has 0 saturated carbocycles. The number of ether oxygens (including phenoxy) is 2. The summed E-state index contributed by atoms with van der Waals surface area (Å²) in [6, 6.07) is 14.8. The molecule has 0 aliphatic rings. The molecule has 0 bridgehead atoms. The van der Waals surface area contributed by atoms with Gasteiger partial charge in [0.2, 0.25) is 0 Å². The van der Waals surface area contributed by atoms with Gasteiger partial charge in [-0.15, -0.1) is 0 Å². The van der Waals surface area contributed by atoms with Crippen LogP contribution in [0.2, 0.25) is 0 Å². The van der Waals surface area contributed by atoms with Crippen molar-refractivity contribution in [1.29, 1.82) is 0 Å². The van der Waals surface area contributed by atoms with E-state index in [-0.39, 0.29) is 5.91 Å². The lowest BCUT2D eigenvalue weighted by Gasteiger charge is -2.15. The molecule has 1 N–H and O–H groups in total. The molecule has 2 aromatic rings. The van der Waals surface area contributed by atoms with Crippen LogP contribution in [0.15, 0.2) is 48.5 Å². The third kappa shape index (κ3) is 4.24. The molecule has 0 aliphatic heterocycles. The van der Waals surface area contributed by atoms with Crippen molar-refractivity contribution < 1.29 is 14.3 Å². The Morgan fingerprint density at radius 1 is 1.10 bits per heavy atom. The van der Waals surface area contributed by atoms with Crippen molar-refractivity contribution in [2.24, 2.45) is 0 Å². The van der Waals surface area contributed by atoms with Crippen LogP contribution in [0.25, 0.3) is 0 Å². The lowest BCUT2D eigenvalue weighted by atomic mass is 10.2. The van der Waals surface area contributed by atoms with Crippen molar-refractivity contribution >= 4 is 11.6 Å². The number of anilines is 1. The molecule has 0 fully saturated rings. The predicted molar refractivity (Wildman–Crippen MR) is 82.9 cm³/mol. The van der Waals surface area contributed by atoms with Gasteiger partial charge in [-0.3, -0.25) is 4.79 Å². The fourth-order valence-corrected chi connectivity index (χ4v) is 1.81. The molecule has 0 unspecified atom stereocenters. The molecule has 0 saturated heterocycles. The number of benzene rings is 2. The molecule has 4 heteroatoms. The number of hydrogen-bond acceptors (Lipinski definition) is 3. The fraction of sp³-hybridized carbons (Fsp3) is 0.235. The zero-order valence-corrected chi connectivity index (χ0v) is 12.4. The van der Waals surface area contributed by atoms with Gasteiger partial charge in [-0.05, 0) is 38.1 Å². The monoisotopic (exact) mass is 285 g/mol. The number of methoxy groups -OCH3 is 1. The van der Waals surface area contributed by atoms with Crippen LogP contribution >= 0.6 is 0 Å². The molecule has 4 nitrogen and oxygen atoms in total. The zero-order chi connectivity index (χ0) is 15.2. The molecule has 0 aromatic heterocycles. The van der Waals surface area contributed by atoms with Crippen LogP contribution in [0.5, 0.6) is 11.5 Å². The number of amides is 1. The minimum Gasteiger partial charge on any atom is -0.497 e. The Labute approximate surface area is 124 Å². The van der Waals surface area contributed by atoms with Crippen LogP contribution < -0.4 is 14.8 Å². The van der Waals surface area contributed by atoms with Crippen molar-refractivity contribution in [2.45, 2.75) is 20.0 Å². The maximum atomic E-state index is 12.1. The molecule has 2 aromatic carbocycles. The van der Waals surface area contributed by atoms with E-state index in [1.54, 1.807) is 26.2 Å². The van der Waals surface area contributed by atoms with Crippen LogP contribution in [0, 0.1) is 6.92 Å². The van der Waals surface area contributed by atoms with Crippen LogP contribution in [0.1, 0.15) is 12.5 Å². The maximum absolute atomic E-state index is 12.1. The second-order valence-corrected chi connectivity index (χ2v) is 4.79. The molecule has 0 aliphatic carbocycles. The van der Waals surface area contributed by atoms with Gasteiger partial charge >= 0.3 is 0 Å². The number of carbonyl (C=O) groups excluding carboxylic acids is 1. The van der Waals surface area contributed by atoms with Gasteiger partial charge in [0, 0.05) is 11.8 Å². The minimum absolute atomic E-state index is 0.193. The number of carbonyl (C=O) groups is 1. The highest BCUT2D eigenvalue weighted by Gasteiger charge is 2.15. The highest BCUT2D eigenvalue weighted by Crippen LogP contribution is 2.20.